The maximum absolute atomic E-state index is 13.3. The summed E-state index contributed by atoms with van der Waals surface area (Å²) in [5.74, 6) is 0.208. The number of rotatable bonds is 5. The van der Waals surface area contributed by atoms with Gasteiger partial charge in [-0.1, -0.05) is 60.2 Å². The lowest BCUT2D eigenvalue weighted by Crippen LogP contribution is -2.35. The van der Waals surface area contributed by atoms with E-state index in [0.29, 0.717) is 17.0 Å². The van der Waals surface area contributed by atoms with E-state index in [1.165, 1.54) is 4.31 Å². The van der Waals surface area contributed by atoms with Crippen molar-refractivity contribution < 1.29 is 13.2 Å². The van der Waals surface area contributed by atoms with E-state index in [0.717, 1.165) is 5.56 Å². The number of ketones is 1. The van der Waals surface area contributed by atoms with Crippen LogP contribution in [-0.4, -0.2) is 31.6 Å². The molecule has 0 unspecified atom stereocenters. The standard InChI is InChI=1S/C22H23NO3S/c1-3-7-19-20-14-23(27(25,26)18-12-10-16(2)11-13-18)15-22(19,20)21(24)17-8-5-4-6-9-17/h3-13,19-20H,14-15H2,1-2H3/b7-3+/t19-,20-,22-/m1/s1. The lowest BCUT2D eigenvalue weighted by atomic mass is 9.92. The van der Waals surface area contributed by atoms with E-state index in [1.807, 2.05) is 50.3 Å². The monoisotopic (exact) mass is 381 g/mol. The normalized spacial score (nSPS) is 27.6. The number of Topliss-reactive ketones (excluding diaryl/α,β-unsaturated/α-hetero) is 1. The van der Waals surface area contributed by atoms with Crippen molar-refractivity contribution in [2.24, 2.45) is 17.3 Å². The molecule has 4 rings (SSSR count). The Morgan fingerprint density at radius 3 is 2.41 bits per heavy atom. The van der Waals surface area contributed by atoms with Crippen LogP contribution in [0.5, 0.6) is 0 Å². The van der Waals surface area contributed by atoms with Gasteiger partial charge >= 0.3 is 0 Å². The number of sulfonamides is 1. The van der Waals surface area contributed by atoms with E-state index in [4.69, 9.17) is 0 Å². The van der Waals surface area contributed by atoms with Gasteiger partial charge in [-0.05, 0) is 37.8 Å². The van der Waals surface area contributed by atoms with Gasteiger partial charge in [-0.2, -0.15) is 4.31 Å². The first-order valence-electron chi connectivity index (χ1n) is 9.21. The largest absolute Gasteiger partial charge is 0.293 e. The molecule has 0 bridgehead atoms. The number of piperidine rings is 1. The molecule has 1 saturated carbocycles. The second-order valence-corrected chi connectivity index (χ2v) is 9.44. The number of fused-ring (bicyclic) bond motifs is 1. The Bertz CT molecular complexity index is 996. The first-order chi connectivity index (χ1) is 12.9. The molecule has 1 aliphatic heterocycles. The summed E-state index contributed by atoms with van der Waals surface area (Å²) in [5, 5.41) is 0. The van der Waals surface area contributed by atoms with Crippen LogP contribution in [0.3, 0.4) is 0 Å². The molecule has 0 spiro atoms. The first-order valence-corrected chi connectivity index (χ1v) is 10.6. The van der Waals surface area contributed by atoms with Crippen molar-refractivity contribution in [3.05, 3.63) is 77.9 Å². The van der Waals surface area contributed by atoms with Crippen LogP contribution >= 0.6 is 0 Å². The molecule has 0 aromatic heterocycles. The summed E-state index contributed by atoms with van der Waals surface area (Å²) < 4.78 is 27.6. The molecule has 27 heavy (non-hydrogen) atoms. The molecule has 0 amide bonds. The van der Waals surface area contributed by atoms with Gasteiger partial charge in [0.05, 0.1) is 10.3 Å². The minimum atomic E-state index is -3.59. The summed E-state index contributed by atoms with van der Waals surface area (Å²) in [6.07, 6.45) is 4.02. The summed E-state index contributed by atoms with van der Waals surface area (Å²) in [7, 11) is -3.59. The first kappa shape index (κ1) is 18.1. The van der Waals surface area contributed by atoms with Crippen LogP contribution in [0.15, 0.2) is 71.6 Å². The fourth-order valence-corrected chi connectivity index (χ4v) is 5.95. The van der Waals surface area contributed by atoms with Gasteiger partial charge in [-0.15, -0.1) is 0 Å². The van der Waals surface area contributed by atoms with E-state index >= 15 is 0 Å². The smallest absolute Gasteiger partial charge is 0.243 e. The number of hydrogen-bond donors (Lipinski definition) is 0. The molecule has 1 saturated heterocycles. The molecule has 2 aromatic carbocycles. The topological polar surface area (TPSA) is 54.5 Å². The SMILES string of the molecule is C/C=C/[C@@H]1[C@H]2CN(S(=O)(=O)c3ccc(C)cc3)C[C@@]12C(=O)c1ccccc1. The summed E-state index contributed by atoms with van der Waals surface area (Å²) in [6.45, 7) is 4.51. The summed E-state index contributed by atoms with van der Waals surface area (Å²) >= 11 is 0. The Morgan fingerprint density at radius 2 is 1.78 bits per heavy atom. The third-order valence-corrected chi connectivity index (χ3v) is 7.76. The minimum Gasteiger partial charge on any atom is -0.293 e. The third kappa shape index (κ3) is 2.77. The highest BCUT2D eigenvalue weighted by Crippen LogP contribution is 2.65. The lowest BCUT2D eigenvalue weighted by molar-refractivity contribution is 0.0888. The van der Waals surface area contributed by atoms with E-state index in [1.54, 1.807) is 24.3 Å². The molecule has 1 aliphatic carbocycles. The van der Waals surface area contributed by atoms with E-state index < -0.39 is 15.4 Å². The fraction of sp³-hybridized carbons (Fsp3) is 0.318. The zero-order valence-corrected chi connectivity index (χ0v) is 16.3. The summed E-state index contributed by atoms with van der Waals surface area (Å²) in [5.41, 5.74) is 1.04. The molecule has 0 radical (unpaired) electrons. The predicted molar refractivity (Wildman–Crippen MR) is 105 cm³/mol. The maximum Gasteiger partial charge on any atom is 0.243 e. The van der Waals surface area contributed by atoms with Gasteiger partial charge in [0, 0.05) is 18.7 Å². The predicted octanol–water partition coefficient (Wildman–Crippen LogP) is 3.69. The quantitative estimate of drug-likeness (QED) is 0.586. The van der Waals surface area contributed by atoms with Crippen LogP contribution in [0.25, 0.3) is 0 Å². The Balaban J connectivity index is 1.66. The average molecular weight is 381 g/mol. The van der Waals surface area contributed by atoms with Gasteiger partial charge in [-0.25, -0.2) is 8.42 Å². The number of hydrogen-bond acceptors (Lipinski definition) is 3. The molecule has 0 N–H and O–H groups in total. The number of benzene rings is 2. The van der Waals surface area contributed by atoms with Crippen molar-refractivity contribution in [1.29, 1.82) is 0 Å². The van der Waals surface area contributed by atoms with Crippen LogP contribution in [-0.2, 0) is 10.0 Å². The van der Waals surface area contributed by atoms with Gasteiger partial charge in [-0.3, -0.25) is 4.79 Å². The van der Waals surface area contributed by atoms with Crippen molar-refractivity contribution in [1.82, 2.24) is 4.31 Å². The molecule has 140 valence electrons. The molecule has 5 heteroatoms. The Hall–Kier alpha value is -2.24. The second kappa shape index (κ2) is 6.43. The molecule has 3 atom stereocenters. The van der Waals surface area contributed by atoms with Crippen LogP contribution in [0, 0.1) is 24.2 Å². The zero-order valence-electron chi connectivity index (χ0n) is 15.5. The number of allylic oxidation sites excluding steroid dienone is 2. The molecule has 2 aromatic rings. The van der Waals surface area contributed by atoms with Crippen molar-refractivity contribution in [3.63, 3.8) is 0 Å². The van der Waals surface area contributed by atoms with E-state index in [9.17, 15) is 13.2 Å². The molecule has 4 nitrogen and oxygen atoms in total. The van der Waals surface area contributed by atoms with Crippen LogP contribution in [0.1, 0.15) is 22.8 Å². The molecule has 2 aliphatic rings. The molecule has 2 fully saturated rings. The van der Waals surface area contributed by atoms with Gasteiger partial charge < -0.3 is 0 Å². The average Bonchev–Trinajstić information content (AvgIpc) is 3.08. The van der Waals surface area contributed by atoms with E-state index in [-0.39, 0.29) is 24.2 Å². The number of carbonyl (C=O) groups excluding carboxylic acids is 1. The van der Waals surface area contributed by atoms with Gasteiger partial charge in [0.15, 0.2) is 5.78 Å². The van der Waals surface area contributed by atoms with Gasteiger partial charge in [0.25, 0.3) is 0 Å². The maximum atomic E-state index is 13.3. The van der Waals surface area contributed by atoms with Gasteiger partial charge in [0.2, 0.25) is 10.0 Å². The number of nitrogens with zero attached hydrogens (tertiary/aromatic N) is 1. The number of carbonyl (C=O) groups is 1. The summed E-state index contributed by atoms with van der Waals surface area (Å²) in [6, 6.07) is 16.1. The van der Waals surface area contributed by atoms with Crippen molar-refractivity contribution in [3.8, 4) is 0 Å². The Labute approximate surface area is 160 Å². The molecule has 1 heterocycles. The number of aryl methyl sites for hydroxylation is 1. The van der Waals surface area contributed by atoms with Crippen LogP contribution in [0.2, 0.25) is 0 Å². The van der Waals surface area contributed by atoms with Crippen molar-refractivity contribution in [2.75, 3.05) is 13.1 Å². The van der Waals surface area contributed by atoms with Crippen LogP contribution in [0.4, 0.5) is 0 Å². The van der Waals surface area contributed by atoms with Crippen molar-refractivity contribution in [2.45, 2.75) is 18.7 Å². The fourth-order valence-electron chi connectivity index (χ4n) is 4.43. The van der Waals surface area contributed by atoms with E-state index in [2.05, 4.69) is 6.08 Å². The molecular weight excluding hydrogens is 358 g/mol. The Kier molecular flexibility index (Phi) is 4.32. The van der Waals surface area contributed by atoms with Gasteiger partial charge in [0.1, 0.15) is 0 Å². The highest BCUT2D eigenvalue weighted by atomic mass is 32.2. The minimum absolute atomic E-state index is 0.0432. The molecular formula is C22H23NO3S. The highest BCUT2D eigenvalue weighted by molar-refractivity contribution is 7.89. The van der Waals surface area contributed by atoms with Crippen molar-refractivity contribution >= 4 is 15.8 Å². The second-order valence-electron chi connectivity index (χ2n) is 7.50. The lowest BCUT2D eigenvalue weighted by Gasteiger charge is -2.22. The third-order valence-electron chi connectivity index (χ3n) is 5.94. The summed E-state index contributed by atoms with van der Waals surface area (Å²) in [4.78, 5) is 13.6. The highest BCUT2D eigenvalue weighted by Gasteiger charge is 2.73. The Morgan fingerprint density at radius 1 is 1.11 bits per heavy atom. The van der Waals surface area contributed by atoms with Crippen LogP contribution < -0.4 is 0 Å². The zero-order chi connectivity index (χ0) is 19.2.